The molecule has 3 aliphatic rings. The van der Waals surface area contributed by atoms with Gasteiger partial charge in [-0.1, -0.05) is 28.9 Å². The summed E-state index contributed by atoms with van der Waals surface area (Å²) in [4.78, 5) is 16.3. The van der Waals surface area contributed by atoms with Crippen LogP contribution in [0.25, 0.3) is 0 Å². The van der Waals surface area contributed by atoms with Crippen LogP contribution in [0.2, 0.25) is 0 Å². The minimum atomic E-state index is 0.148. The summed E-state index contributed by atoms with van der Waals surface area (Å²) in [5.74, 6) is 7.90. The number of allylic oxidation sites excluding steroid dienone is 2. The van der Waals surface area contributed by atoms with Crippen LogP contribution in [-0.4, -0.2) is 6.29 Å². The number of aryl methyl sites for hydroxylation is 1. The number of nitrogens with two attached hydrogens (primary N) is 1. The first-order valence-corrected chi connectivity index (χ1v) is 9.21. The molecular weight excluding hydrogens is 354 g/mol. The Morgan fingerprint density at radius 1 is 1.39 bits per heavy atom. The van der Waals surface area contributed by atoms with E-state index in [0.29, 0.717) is 17.8 Å². The van der Waals surface area contributed by atoms with Crippen molar-refractivity contribution in [1.82, 2.24) is 0 Å². The van der Waals surface area contributed by atoms with Crippen molar-refractivity contribution in [2.24, 2.45) is 23.1 Å². The van der Waals surface area contributed by atoms with Gasteiger partial charge in [-0.2, -0.15) is 5.90 Å². The van der Waals surface area contributed by atoms with Gasteiger partial charge >= 0.3 is 0 Å². The second-order valence-electron chi connectivity index (χ2n) is 7.51. The van der Waals surface area contributed by atoms with Crippen LogP contribution in [0.3, 0.4) is 0 Å². The zero-order valence-corrected chi connectivity index (χ0v) is 14.9. The summed E-state index contributed by atoms with van der Waals surface area (Å²) in [5, 5.41) is 0. The molecule has 4 atom stereocenters. The quantitative estimate of drug-likeness (QED) is 0.620. The summed E-state index contributed by atoms with van der Waals surface area (Å²) < 4.78 is 1.17. The number of benzene rings is 1. The van der Waals surface area contributed by atoms with Crippen LogP contribution in [0.1, 0.15) is 49.7 Å². The van der Waals surface area contributed by atoms with Crippen molar-refractivity contribution >= 4 is 22.2 Å². The van der Waals surface area contributed by atoms with Crippen molar-refractivity contribution < 1.29 is 9.63 Å². The maximum absolute atomic E-state index is 11.4. The fraction of sp³-hybridized carbons (Fsp3) is 0.526. The van der Waals surface area contributed by atoms with E-state index in [1.54, 1.807) is 0 Å². The highest BCUT2D eigenvalue weighted by Gasteiger charge is 2.53. The molecule has 2 N–H and O–H groups in total. The Bertz CT molecular complexity index is 699. The van der Waals surface area contributed by atoms with Gasteiger partial charge in [-0.3, -0.25) is 4.79 Å². The van der Waals surface area contributed by atoms with Crippen molar-refractivity contribution in [3.8, 4) is 5.75 Å². The molecule has 0 saturated heterocycles. The monoisotopic (exact) mass is 375 g/mol. The summed E-state index contributed by atoms with van der Waals surface area (Å²) >= 11 is 3.75. The Hall–Kier alpha value is -1.13. The van der Waals surface area contributed by atoms with Gasteiger partial charge in [-0.15, -0.1) is 0 Å². The average molecular weight is 376 g/mol. The van der Waals surface area contributed by atoms with Gasteiger partial charge in [-0.05, 0) is 73.1 Å². The summed E-state index contributed by atoms with van der Waals surface area (Å²) in [6.45, 7) is 2.34. The summed E-state index contributed by atoms with van der Waals surface area (Å²) in [7, 11) is 0. The lowest BCUT2D eigenvalue weighted by atomic mass is 9.56. The molecule has 23 heavy (non-hydrogen) atoms. The van der Waals surface area contributed by atoms with Crippen LogP contribution in [-0.2, 0) is 11.2 Å². The van der Waals surface area contributed by atoms with E-state index in [-0.39, 0.29) is 5.41 Å². The molecule has 0 spiro atoms. The topological polar surface area (TPSA) is 52.3 Å². The maximum atomic E-state index is 11.4. The van der Waals surface area contributed by atoms with Gasteiger partial charge in [-0.25, -0.2) is 0 Å². The minimum absolute atomic E-state index is 0.148. The van der Waals surface area contributed by atoms with E-state index in [9.17, 15) is 4.79 Å². The van der Waals surface area contributed by atoms with E-state index in [1.807, 2.05) is 6.07 Å². The van der Waals surface area contributed by atoms with Crippen LogP contribution in [0.4, 0.5) is 0 Å². The van der Waals surface area contributed by atoms with Gasteiger partial charge in [0.25, 0.3) is 0 Å². The Balaban J connectivity index is 1.69. The molecule has 122 valence electrons. The highest BCUT2D eigenvalue weighted by atomic mass is 79.9. The molecule has 0 aromatic heterocycles. The number of fused-ring (bicyclic) bond motifs is 5. The number of hydrogen-bond acceptors (Lipinski definition) is 3. The van der Waals surface area contributed by atoms with E-state index in [1.165, 1.54) is 28.5 Å². The Morgan fingerprint density at radius 2 is 2.22 bits per heavy atom. The van der Waals surface area contributed by atoms with Gasteiger partial charge in [0.2, 0.25) is 0 Å². The first-order valence-electron chi connectivity index (χ1n) is 8.42. The number of halogens is 1. The minimum Gasteiger partial charge on any atom is -0.412 e. The standard InChI is InChI=1S/C19H22BrNO2/c1-19-7-6-15-14-5-3-13(23-21)8-11(14)2-4-16(15)17(19)9-12(10-22)18(19)20/h3,5,8,10,15-17H,2,4,6-7,9,21H2,1H3/t15?,16?,17?,19-/m0/s1. The lowest BCUT2D eigenvalue weighted by Gasteiger charge is -2.49. The van der Waals surface area contributed by atoms with Crippen LogP contribution in [0.15, 0.2) is 28.3 Å². The number of rotatable bonds is 2. The molecule has 1 saturated carbocycles. The number of hydrogen-bond donors (Lipinski definition) is 1. The third-order valence-electron chi connectivity index (χ3n) is 6.59. The van der Waals surface area contributed by atoms with Crippen molar-refractivity contribution in [2.75, 3.05) is 0 Å². The van der Waals surface area contributed by atoms with Gasteiger partial charge in [0, 0.05) is 15.5 Å². The van der Waals surface area contributed by atoms with Crippen LogP contribution >= 0.6 is 15.9 Å². The first-order chi connectivity index (χ1) is 11.1. The average Bonchev–Trinajstić information content (AvgIpc) is 2.85. The van der Waals surface area contributed by atoms with Gasteiger partial charge < -0.3 is 4.84 Å². The molecule has 4 heteroatoms. The Kier molecular flexibility index (Phi) is 3.65. The number of carbonyl (C=O) groups excluding carboxylic acids is 1. The predicted molar refractivity (Wildman–Crippen MR) is 93.3 cm³/mol. The number of carbonyl (C=O) groups is 1. The highest BCUT2D eigenvalue weighted by molar-refractivity contribution is 9.11. The lowest BCUT2D eigenvalue weighted by molar-refractivity contribution is -0.105. The fourth-order valence-corrected chi connectivity index (χ4v) is 6.14. The van der Waals surface area contributed by atoms with Crippen molar-refractivity contribution in [1.29, 1.82) is 0 Å². The van der Waals surface area contributed by atoms with E-state index in [4.69, 9.17) is 10.7 Å². The molecular formula is C19H22BrNO2. The molecule has 0 amide bonds. The smallest absolute Gasteiger partial charge is 0.147 e. The molecule has 0 radical (unpaired) electrons. The molecule has 1 fully saturated rings. The zero-order chi connectivity index (χ0) is 16.2. The Labute approximate surface area is 145 Å². The van der Waals surface area contributed by atoms with Crippen molar-refractivity contribution in [3.63, 3.8) is 0 Å². The van der Waals surface area contributed by atoms with Crippen LogP contribution in [0, 0.1) is 17.3 Å². The fourth-order valence-electron chi connectivity index (χ4n) is 5.39. The maximum Gasteiger partial charge on any atom is 0.147 e. The zero-order valence-electron chi connectivity index (χ0n) is 13.3. The van der Waals surface area contributed by atoms with E-state index in [0.717, 1.165) is 36.9 Å². The summed E-state index contributed by atoms with van der Waals surface area (Å²) in [6.07, 6.45) is 6.60. The largest absolute Gasteiger partial charge is 0.412 e. The SMILES string of the molecule is C[C@]12CCC3c4ccc(ON)cc4CCC3C1CC(C=O)=C2Br. The highest BCUT2D eigenvalue weighted by Crippen LogP contribution is 2.63. The Morgan fingerprint density at radius 3 is 2.96 bits per heavy atom. The van der Waals surface area contributed by atoms with Gasteiger partial charge in [0.1, 0.15) is 12.0 Å². The van der Waals surface area contributed by atoms with E-state index >= 15 is 0 Å². The third kappa shape index (κ3) is 2.14. The molecule has 0 aliphatic heterocycles. The van der Waals surface area contributed by atoms with Crippen molar-refractivity contribution in [2.45, 2.75) is 44.9 Å². The molecule has 1 aromatic carbocycles. The molecule has 4 rings (SSSR count). The molecule has 3 unspecified atom stereocenters. The number of aldehydes is 1. The summed E-state index contributed by atoms with van der Waals surface area (Å²) in [6, 6.07) is 6.28. The summed E-state index contributed by atoms with van der Waals surface area (Å²) in [5.41, 5.74) is 3.99. The van der Waals surface area contributed by atoms with Gasteiger partial charge in [0.15, 0.2) is 0 Å². The molecule has 1 aromatic rings. The third-order valence-corrected chi connectivity index (χ3v) is 8.00. The molecule has 3 nitrogen and oxygen atoms in total. The second kappa shape index (κ2) is 5.45. The first kappa shape index (κ1) is 15.4. The second-order valence-corrected chi connectivity index (χ2v) is 8.30. The van der Waals surface area contributed by atoms with E-state index < -0.39 is 0 Å². The predicted octanol–water partition coefficient (Wildman–Crippen LogP) is 4.25. The molecule has 0 bridgehead atoms. The van der Waals surface area contributed by atoms with Crippen molar-refractivity contribution in [3.05, 3.63) is 39.4 Å². The van der Waals surface area contributed by atoms with Gasteiger partial charge in [0.05, 0.1) is 0 Å². The van der Waals surface area contributed by atoms with Crippen LogP contribution < -0.4 is 10.7 Å². The normalized spacial score (nSPS) is 35.3. The van der Waals surface area contributed by atoms with E-state index in [2.05, 4.69) is 35.0 Å². The lowest BCUT2D eigenvalue weighted by Crippen LogP contribution is -2.40. The van der Waals surface area contributed by atoms with Crippen LogP contribution in [0.5, 0.6) is 5.75 Å². The molecule has 3 aliphatic carbocycles. The molecule has 0 heterocycles.